The average molecular weight is 1460 g/mol. The van der Waals surface area contributed by atoms with E-state index in [1.165, 1.54) is 7.11 Å². The van der Waals surface area contributed by atoms with E-state index in [0.717, 1.165) is 66.8 Å². The van der Waals surface area contributed by atoms with Crippen molar-refractivity contribution in [3.63, 3.8) is 0 Å². The van der Waals surface area contributed by atoms with Crippen LogP contribution in [0.2, 0.25) is 0 Å². The van der Waals surface area contributed by atoms with Crippen LogP contribution in [0, 0.1) is 0 Å². The molecule has 522 valence electrons. The first kappa shape index (κ1) is 71.2. The lowest BCUT2D eigenvalue weighted by atomic mass is 10.0. The molecule has 0 aromatic heterocycles. The molecule has 105 heavy (non-hydrogen) atoms. The molecule has 16 heteroatoms. The number of alkyl halides is 1. The van der Waals surface area contributed by atoms with Crippen molar-refractivity contribution in [1.29, 1.82) is 0 Å². The summed E-state index contributed by atoms with van der Waals surface area (Å²) in [7, 11) is 1.39. The van der Waals surface area contributed by atoms with Gasteiger partial charge in [-0.1, -0.05) is 271 Å². The lowest BCUT2D eigenvalue weighted by Gasteiger charge is -2.24. The molecule has 12 aromatic carbocycles. The molecule has 8 atom stereocenters. The van der Waals surface area contributed by atoms with E-state index < -0.39 is 83.7 Å². The molecule has 0 saturated carbocycles. The Hall–Kier alpha value is -12.2. The number of carbonyl (C=O) groups is 6. The highest BCUT2D eigenvalue weighted by Crippen LogP contribution is 2.35. The normalized spacial score (nSPS) is 17.9. The predicted molar refractivity (Wildman–Crippen MR) is 402 cm³/mol. The zero-order valence-corrected chi connectivity index (χ0v) is 58.3. The summed E-state index contributed by atoms with van der Waals surface area (Å²) in [6.45, 7) is -0.560. The number of carbonyl (C=O) groups excluding carboxylic acids is 6. The average Bonchev–Trinajstić information content (AvgIpc) is 1.60. The Balaban J connectivity index is 0.000000186. The molecule has 15 nitrogen and oxygen atoms in total. The maximum Gasteiger partial charge on any atom is 0.338 e. The van der Waals surface area contributed by atoms with Crippen molar-refractivity contribution in [3.05, 3.63) is 361 Å². The summed E-state index contributed by atoms with van der Waals surface area (Å²) in [6, 6.07) is 101. The molecule has 0 radical (unpaired) electrons. The lowest BCUT2D eigenvalue weighted by Crippen LogP contribution is -2.42. The van der Waals surface area contributed by atoms with Crippen molar-refractivity contribution in [2.75, 3.05) is 20.3 Å². The summed E-state index contributed by atoms with van der Waals surface area (Å²) in [5, 5.41) is -0.854. The quantitative estimate of drug-likeness (QED) is 0.0375. The molecular formula is C89H69BrO15. The summed E-state index contributed by atoms with van der Waals surface area (Å²) in [5.41, 5.74) is 13.6. The number of hydrogen-bond acceptors (Lipinski definition) is 15. The second-order valence-corrected chi connectivity index (χ2v) is 25.5. The fourth-order valence-electron chi connectivity index (χ4n) is 12.2. The first-order chi connectivity index (χ1) is 51.4. The fraction of sp³-hybridized carbons (Fsp3) is 0.124. The van der Waals surface area contributed by atoms with Crippen molar-refractivity contribution < 1.29 is 71.4 Å². The third kappa shape index (κ3) is 17.8. The second-order valence-electron chi connectivity index (χ2n) is 24.6. The third-order valence-electron chi connectivity index (χ3n) is 17.8. The van der Waals surface area contributed by atoms with Gasteiger partial charge in [0, 0.05) is 7.11 Å². The molecule has 2 aliphatic heterocycles. The number of benzene rings is 12. The van der Waals surface area contributed by atoms with Gasteiger partial charge in [-0.2, -0.15) is 0 Å². The number of esters is 6. The van der Waals surface area contributed by atoms with Crippen LogP contribution in [-0.4, -0.2) is 104 Å². The SMILES string of the molecule is COC1O[C@@H](COC(=O)c2ccc(-c3ccccc3)cc2)[C@H](OC(=O)c2ccc(-c3ccccc3)cc2)[C@H]1OC(=O)c1ccc(-c2ccccc2)cc1.O=C(OC[C@@H]1OC(Br)[C@H](OC(=O)c2ccc(-c3ccccc3)cc2)[C@H]1OC(=O)c1ccc(-c2ccccc2)cc1)c1ccc(-c2ccccc2)cc1. The maximum atomic E-state index is 13.6. The monoisotopic (exact) mass is 1460 g/mol. The van der Waals surface area contributed by atoms with Gasteiger partial charge in [0.2, 0.25) is 0 Å². The molecular weight excluding hydrogens is 1390 g/mol. The minimum Gasteiger partial charge on any atom is -0.459 e. The Morgan fingerprint density at radius 2 is 0.457 bits per heavy atom. The van der Waals surface area contributed by atoms with Crippen LogP contribution in [0.5, 0.6) is 0 Å². The molecule has 0 amide bonds. The van der Waals surface area contributed by atoms with Crippen LogP contribution in [0.3, 0.4) is 0 Å². The van der Waals surface area contributed by atoms with E-state index in [4.69, 9.17) is 42.6 Å². The summed E-state index contributed by atoms with van der Waals surface area (Å²) in [4.78, 5) is 80.4. The van der Waals surface area contributed by atoms with Gasteiger partial charge in [0.15, 0.2) is 35.7 Å². The first-order valence-electron chi connectivity index (χ1n) is 34.0. The Labute approximate surface area is 615 Å². The zero-order valence-electron chi connectivity index (χ0n) is 56.7. The van der Waals surface area contributed by atoms with Gasteiger partial charge in [0.25, 0.3) is 0 Å². The van der Waals surface area contributed by atoms with Crippen LogP contribution in [0.25, 0.3) is 66.8 Å². The predicted octanol–water partition coefficient (Wildman–Crippen LogP) is 18.1. The van der Waals surface area contributed by atoms with E-state index in [0.29, 0.717) is 22.3 Å². The molecule has 2 fully saturated rings. The Kier molecular flexibility index (Phi) is 23.2. The minimum absolute atomic E-state index is 0.258. The standard InChI is InChI=1S/C45H36O8.C44H33BrO7/c1-49-45-41(53-44(48)38-27-21-35(22-28-38)32-15-9-4-10-16-32)40(52-43(47)37-25-19-34(20-26-37)31-13-7-3-8-14-31)39(51-45)29-50-42(46)36-23-17-33(18-24-36)30-11-5-2-6-12-30;45-41-40(52-44(48)37-26-20-34(21-27-37)31-14-8-3-9-15-31)39(51-43(47)36-24-18-33(19-25-36)30-12-6-2-7-13-30)38(50-41)28-49-42(46)35-22-16-32(17-23-35)29-10-4-1-5-11-29/h2-28,39-41,45H,29H2,1H3;1-27,38-41H,28H2/t39-,40-,41+,45?;38-,39-,40+,41?/m00/s1. The van der Waals surface area contributed by atoms with Gasteiger partial charge in [0.05, 0.1) is 33.4 Å². The van der Waals surface area contributed by atoms with E-state index in [9.17, 15) is 28.8 Å². The number of rotatable bonds is 21. The van der Waals surface area contributed by atoms with Crippen molar-refractivity contribution in [1.82, 2.24) is 0 Å². The van der Waals surface area contributed by atoms with Crippen LogP contribution in [0.1, 0.15) is 62.1 Å². The topological polar surface area (TPSA) is 185 Å². The molecule has 0 bridgehead atoms. The molecule has 2 unspecified atom stereocenters. The van der Waals surface area contributed by atoms with Crippen LogP contribution in [0.15, 0.2) is 328 Å². The Morgan fingerprint density at radius 1 is 0.257 bits per heavy atom. The highest BCUT2D eigenvalue weighted by atomic mass is 79.9. The van der Waals surface area contributed by atoms with Crippen LogP contribution >= 0.6 is 15.9 Å². The van der Waals surface area contributed by atoms with E-state index >= 15 is 0 Å². The van der Waals surface area contributed by atoms with E-state index in [1.807, 2.05) is 255 Å². The van der Waals surface area contributed by atoms with E-state index in [2.05, 4.69) is 15.9 Å². The van der Waals surface area contributed by atoms with E-state index in [1.54, 1.807) is 72.8 Å². The van der Waals surface area contributed by atoms with Crippen LogP contribution < -0.4 is 0 Å². The van der Waals surface area contributed by atoms with Gasteiger partial charge in [0.1, 0.15) is 25.4 Å². The highest BCUT2D eigenvalue weighted by Gasteiger charge is 2.52. The van der Waals surface area contributed by atoms with Crippen molar-refractivity contribution in [3.8, 4) is 66.8 Å². The molecule has 0 aliphatic carbocycles. The number of methoxy groups -OCH3 is 1. The Morgan fingerprint density at radius 3 is 0.705 bits per heavy atom. The number of hydrogen-bond donors (Lipinski definition) is 0. The summed E-state index contributed by atoms with van der Waals surface area (Å²) >= 11 is 3.46. The van der Waals surface area contributed by atoms with Crippen LogP contribution in [-0.2, 0) is 42.6 Å². The molecule has 12 aromatic rings. The molecule has 14 rings (SSSR count). The van der Waals surface area contributed by atoms with Crippen molar-refractivity contribution >= 4 is 51.7 Å². The zero-order chi connectivity index (χ0) is 72.4. The van der Waals surface area contributed by atoms with Gasteiger partial charge >= 0.3 is 35.8 Å². The van der Waals surface area contributed by atoms with Crippen molar-refractivity contribution in [2.24, 2.45) is 0 Å². The minimum atomic E-state index is -1.18. The lowest BCUT2D eigenvalue weighted by molar-refractivity contribution is -0.155. The first-order valence-corrected chi connectivity index (χ1v) is 34.9. The van der Waals surface area contributed by atoms with Gasteiger partial charge in [-0.05, 0) is 140 Å². The third-order valence-corrected chi connectivity index (χ3v) is 18.6. The second kappa shape index (κ2) is 34.2. The van der Waals surface area contributed by atoms with Gasteiger partial charge in [-0.25, -0.2) is 28.8 Å². The fourth-order valence-corrected chi connectivity index (χ4v) is 12.9. The van der Waals surface area contributed by atoms with E-state index in [-0.39, 0.29) is 24.3 Å². The maximum absolute atomic E-state index is 13.6. The molecule has 2 aliphatic rings. The molecule has 0 N–H and O–H groups in total. The van der Waals surface area contributed by atoms with Gasteiger partial charge < -0.3 is 42.6 Å². The number of halogens is 1. The number of ether oxygens (including phenoxy) is 9. The largest absolute Gasteiger partial charge is 0.459 e. The van der Waals surface area contributed by atoms with Gasteiger partial charge in [-0.3, -0.25) is 0 Å². The molecule has 0 spiro atoms. The highest BCUT2D eigenvalue weighted by molar-refractivity contribution is 9.09. The Bertz CT molecular complexity index is 4880. The molecule has 2 heterocycles. The summed E-state index contributed by atoms with van der Waals surface area (Å²) < 4.78 is 52.9. The summed E-state index contributed by atoms with van der Waals surface area (Å²) in [5.74, 6) is -3.77. The molecule has 2 saturated heterocycles. The smallest absolute Gasteiger partial charge is 0.338 e. The van der Waals surface area contributed by atoms with Crippen LogP contribution in [0.4, 0.5) is 0 Å². The summed E-state index contributed by atoms with van der Waals surface area (Å²) in [6.07, 6.45) is -7.59. The van der Waals surface area contributed by atoms with Gasteiger partial charge in [-0.15, -0.1) is 0 Å². The van der Waals surface area contributed by atoms with Crippen molar-refractivity contribution in [2.45, 2.75) is 47.9 Å².